The second-order valence-corrected chi connectivity index (χ2v) is 14.8. The second kappa shape index (κ2) is 19.0. The van der Waals surface area contributed by atoms with Gasteiger partial charge >= 0.3 is 41.8 Å². The van der Waals surface area contributed by atoms with Gasteiger partial charge in [0.2, 0.25) is 18.1 Å². The Kier molecular flexibility index (Phi) is 13.6. The number of aromatic hydroxyl groups is 11. The number of aliphatic carboxylic acids is 2. The molecule has 2 aliphatic rings. The van der Waals surface area contributed by atoms with Gasteiger partial charge in [0.05, 0.1) is 34.6 Å². The van der Waals surface area contributed by atoms with E-state index in [0.717, 1.165) is 0 Å². The third kappa shape index (κ3) is 9.72. The molecule has 4 aromatic rings. The van der Waals surface area contributed by atoms with Gasteiger partial charge in [-0.15, -0.1) is 0 Å². The van der Waals surface area contributed by atoms with Crippen LogP contribution < -0.4 is 4.74 Å². The number of carbonyl (C=O) groups is 7. The number of rotatable bonds is 13. The fourth-order valence-corrected chi connectivity index (χ4v) is 7.04. The zero-order valence-corrected chi connectivity index (χ0v) is 34.1. The van der Waals surface area contributed by atoms with Gasteiger partial charge in [-0.2, -0.15) is 0 Å². The van der Waals surface area contributed by atoms with Crippen LogP contribution in [0.3, 0.4) is 0 Å². The van der Waals surface area contributed by atoms with Gasteiger partial charge in [-0.05, 0) is 42.5 Å². The van der Waals surface area contributed by atoms with Gasteiger partial charge in [0, 0.05) is 11.5 Å². The molecular formula is C41H34O28. The van der Waals surface area contributed by atoms with E-state index in [1.54, 1.807) is 0 Å². The summed E-state index contributed by atoms with van der Waals surface area (Å²) in [6, 6.07) is 3.65. The number of phenolic OH excluding ortho intramolecular Hbond substituents is 11. The van der Waals surface area contributed by atoms with Gasteiger partial charge in [-0.1, -0.05) is 0 Å². The number of ether oxygens (including phenoxy) is 6. The molecule has 0 aromatic heterocycles. The van der Waals surface area contributed by atoms with E-state index in [4.69, 9.17) is 28.4 Å². The number of aliphatic hydroxyl groups excluding tert-OH is 2. The maximum absolute atomic E-state index is 14.5. The van der Waals surface area contributed by atoms with Crippen molar-refractivity contribution in [3.8, 4) is 69.0 Å². The Bertz CT molecular complexity index is 2730. The Morgan fingerprint density at radius 3 is 1.46 bits per heavy atom. The first-order valence-electron chi connectivity index (χ1n) is 19.1. The number of hydrogen-bond acceptors (Lipinski definition) is 26. The van der Waals surface area contributed by atoms with Crippen LogP contribution in [-0.4, -0.2) is 162 Å². The molecule has 69 heavy (non-hydrogen) atoms. The summed E-state index contributed by atoms with van der Waals surface area (Å²) in [5.41, 5.74) is -4.48. The minimum Gasteiger partial charge on any atom is -0.504 e. The molecular weight excluding hydrogens is 940 g/mol. The largest absolute Gasteiger partial charge is 0.504 e. The third-order valence-corrected chi connectivity index (χ3v) is 10.4. The highest BCUT2D eigenvalue weighted by molar-refractivity contribution is 5.98. The van der Waals surface area contributed by atoms with Crippen LogP contribution in [0.25, 0.3) is 0 Å². The number of benzene rings is 4. The Hall–Kier alpha value is -9.15. The maximum Gasteiger partial charge on any atom is 0.341 e. The molecule has 28 heteroatoms. The summed E-state index contributed by atoms with van der Waals surface area (Å²) in [7, 11) is 0. The van der Waals surface area contributed by atoms with Gasteiger partial charge in [-0.25, -0.2) is 24.0 Å². The van der Waals surface area contributed by atoms with Gasteiger partial charge in [-0.3, -0.25) is 9.59 Å². The highest BCUT2D eigenvalue weighted by Gasteiger charge is 2.54. The quantitative estimate of drug-likeness (QED) is 0.0349. The lowest BCUT2D eigenvalue weighted by molar-refractivity contribution is -0.283. The molecule has 1 fully saturated rings. The molecule has 6 rings (SSSR count). The highest BCUT2D eigenvalue weighted by Crippen LogP contribution is 2.51. The van der Waals surface area contributed by atoms with Gasteiger partial charge in [0.15, 0.2) is 75.5 Å². The molecule has 0 amide bonds. The molecule has 28 nitrogen and oxygen atoms in total. The highest BCUT2D eigenvalue weighted by atomic mass is 16.7. The summed E-state index contributed by atoms with van der Waals surface area (Å²) >= 11 is 0. The molecule has 0 bridgehead atoms. The van der Waals surface area contributed by atoms with Crippen LogP contribution in [0, 0.1) is 5.92 Å². The lowest BCUT2D eigenvalue weighted by atomic mass is 9.76. The first-order chi connectivity index (χ1) is 32.3. The molecule has 2 heterocycles. The zero-order chi connectivity index (χ0) is 51.1. The van der Waals surface area contributed by atoms with Crippen molar-refractivity contribution in [2.24, 2.45) is 5.92 Å². The van der Waals surface area contributed by atoms with E-state index >= 15 is 0 Å². The molecule has 0 aliphatic carbocycles. The van der Waals surface area contributed by atoms with Crippen molar-refractivity contribution in [3.63, 3.8) is 0 Å². The first-order valence-corrected chi connectivity index (χ1v) is 19.1. The lowest BCUT2D eigenvalue weighted by Gasteiger charge is -2.42. The van der Waals surface area contributed by atoms with Crippen LogP contribution in [-0.2, 0) is 38.1 Å². The summed E-state index contributed by atoms with van der Waals surface area (Å²) in [6.07, 6.45) is -16.5. The van der Waals surface area contributed by atoms with Crippen molar-refractivity contribution in [2.45, 2.75) is 49.1 Å². The number of carboxylic acid groups (broad SMARTS) is 2. The van der Waals surface area contributed by atoms with Crippen LogP contribution in [0.15, 0.2) is 42.5 Å². The predicted molar refractivity (Wildman–Crippen MR) is 211 cm³/mol. The van der Waals surface area contributed by atoms with Crippen LogP contribution in [0.4, 0.5) is 0 Å². The van der Waals surface area contributed by atoms with E-state index in [-0.39, 0.29) is 0 Å². The van der Waals surface area contributed by atoms with Crippen LogP contribution in [0.1, 0.15) is 59.3 Å². The smallest absolute Gasteiger partial charge is 0.341 e. The van der Waals surface area contributed by atoms with Crippen LogP contribution in [0.5, 0.6) is 69.0 Å². The Balaban J connectivity index is 1.49. The number of fused-ring (bicyclic) bond motifs is 1. The average molecular weight is 975 g/mol. The molecule has 0 saturated carbocycles. The maximum atomic E-state index is 14.5. The Morgan fingerprint density at radius 2 is 1.00 bits per heavy atom. The zero-order valence-electron chi connectivity index (χ0n) is 34.1. The monoisotopic (exact) mass is 974 g/mol. The van der Waals surface area contributed by atoms with Crippen molar-refractivity contribution in [3.05, 3.63) is 70.3 Å². The third-order valence-electron chi connectivity index (χ3n) is 10.4. The van der Waals surface area contributed by atoms with Crippen molar-refractivity contribution >= 4 is 41.8 Å². The Morgan fingerprint density at radius 1 is 0.565 bits per heavy atom. The lowest BCUT2D eigenvalue weighted by Crippen LogP contribution is -2.62. The van der Waals surface area contributed by atoms with E-state index in [1.807, 2.05) is 0 Å². The minimum absolute atomic E-state index is 0.336. The van der Waals surface area contributed by atoms with Crippen molar-refractivity contribution in [1.82, 2.24) is 0 Å². The molecule has 2 aliphatic heterocycles. The normalized spacial score (nSPS) is 21.1. The summed E-state index contributed by atoms with van der Waals surface area (Å²) < 4.78 is 32.0. The number of aliphatic hydroxyl groups is 2. The number of phenols is 11. The Labute approximate surface area is 381 Å². The fraction of sp³-hybridized carbons (Fsp3) is 0.244. The molecule has 8 atom stereocenters. The van der Waals surface area contributed by atoms with Gasteiger partial charge in [0.25, 0.3) is 0 Å². The fourth-order valence-electron chi connectivity index (χ4n) is 7.04. The number of carboxylic acids is 2. The van der Waals surface area contributed by atoms with Crippen molar-refractivity contribution in [1.29, 1.82) is 0 Å². The standard InChI is InChI=1S/C41H34O28/c42-15-1-10(2-16(43)26(15)51)36(59)64-9-22-30(55)33(67-37(60)11-3-17(44)27(52)18(45)4-11)34(41(65-22)69-38(61)12-5-19(46)28(53)20(47)6-12)68-39(62)14-7-21(48)29(54)32-25(14)24(31(56)40(63)66-32)13(35(57)58)8-23(49)50/h1-7,13,22,24,30-31,33-34,41-48,51-56H,8-9H2,(H,49,50)(H,57,58). The van der Waals surface area contributed by atoms with E-state index in [0.29, 0.717) is 42.5 Å². The topological polar surface area (TPSA) is 478 Å². The van der Waals surface area contributed by atoms with Crippen molar-refractivity contribution < 1.29 is 139 Å². The number of esters is 5. The number of hydrogen-bond donors (Lipinski definition) is 15. The molecule has 366 valence electrons. The summed E-state index contributed by atoms with van der Waals surface area (Å²) in [5, 5.41) is 153. The van der Waals surface area contributed by atoms with Crippen LogP contribution in [0.2, 0.25) is 0 Å². The van der Waals surface area contributed by atoms with E-state index in [2.05, 4.69) is 0 Å². The first kappa shape index (κ1) is 49.3. The van der Waals surface area contributed by atoms with Crippen LogP contribution >= 0.6 is 0 Å². The minimum atomic E-state index is -2.65. The second-order valence-electron chi connectivity index (χ2n) is 14.8. The van der Waals surface area contributed by atoms with Gasteiger partial charge < -0.3 is 105 Å². The summed E-state index contributed by atoms with van der Waals surface area (Å²) in [5.74, 6) is -30.7. The summed E-state index contributed by atoms with van der Waals surface area (Å²) in [6.45, 7) is -1.21. The van der Waals surface area contributed by atoms with Crippen molar-refractivity contribution in [2.75, 3.05) is 6.61 Å². The van der Waals surface area contributed by atoms with E-state index in [1.165, 1.54) is 0 Å². The van der Waals surface area contributed by atoms with Gasteiger partial charge in [0.1, 0.15) is 18.8 Å². The molecule has 4 aromatic carbocycles. The molecule has 15 N–H and O–H groups in total. The molecule has 0 radical (unpaired) electrons. The average Bonchev–Trinajstić information content (AvgIpc) is 3.28. The SMILES string of the molecule is O=C(O)CC(C(=O)O)C1c2c(C(=O)OC3C(OC(=O)c4cc(O)c(O)c(O)c4)OC(COC(=O)c4cc(O)c(O)c(O)c4)C(O)C3OC(=O)c3cc(O)c(O)c(O)c3)cc(O)c(O)c2OC(=O)C1O. The van der Waals surface area contributed by atoms with E-state index < -0.39 is 200 Å². The predicted octanol–water partition coefficient (Wildman–Crippen LogP) is -0.462. The van der Waals surface area contributed by atoms with E-state index in [9.17, 15) is 110 Å². The summed E-state index contributed by atoms with van der Waals surface area (Å²) in [4.78, 5) is 91.8. The molecule has 8 unspecified atom stereocenters. The molecule has 1 saturated heterocycles. The molecule has 0 spiro atoms. The number of carbonyl (C=O) groups excluding carboxylic acids is 5.